The zero-order valence-electron chi connectivity index (χ0n) is 9.55. The second kappa shape index (κ2) is 17.1. The van der Waals surface area contributed by atoms with Crippen molar-refractivity contribution in [3.63, 3.8) is 0 Å². The Kier molecular flexibility index (Phi) is 23.3. The summed E-state index contributed by atoms with van der Waals surface area (Å²) < 4.78 is 4.82. The van der Waals surface area contributed by atoms with Crippen LogP contribution < -0.4 is 5.73 Å². The zero-order valence-corrected chi connectivity index (χ0v) is 9.55. The first-order valence-electron chi connectivity index (χ1n) is 4.54. The van der Waals surface area contributed by atoms with Gasteiger partial charge in [-0.15, -0.1) is 0 Å². The number of hydrogen-bond acceptors (Lipinski definition) is 2. The predicted octanol–water partition coefficient (Wildman–Crippen LogP) is 3.23. The van der Waals surface area contributed by atoms with Gasteiger partial charge >= 0.3 is 0 Å². The highest BCUT2D eigenvalue weighted by Crippen LogP contribution is 2.00. The lowest BCUT2D eigenvalue weighted by Crippen LogP contribution is -1.98. The minimum Gasteiger partial charge on any atom is -0.495 e. The Balaban J connectivity index is -0.000000218. The molecule has 13 heavy (non-hydrogen) atoms. The summed E-state index contributed by atoms with van der Waals surface area (Å²) in [5, 5.41) is 0. The van der Waals surface area contributed by atoms with Gasteiger partial charge in [0.2, 0.25) is 0 Å². The molecule has 0 aliphatic carbocycles. The van der Waals surface area contributed by atoms with Crippen LogP contribution in [0.25, 0.3) is 0 Å². The molecule has 0 heterocycles. The molecule has 0 saturated carbocycles. The average molecular weight is 185 g/mol. The van der Waals surface area contributed by atoms with Gasteiger partial charge in [-0.05, 0) is 12.2 Å². The fourth-order valence-corrected chi connectivity index (χ4v) is 0.420. The SMILES string of the molecule is C=C/C(N)=C(\C=C)OC.CC.CC. The average Bonchev–Trinajstić information content (AvgIpc) is 2.25. The van der Waals surface area contributed by atoms with Crippen LogP contribution in [-0.4, -0.2) is 7.11 Å². The monoisotopic (exact) mass is 185 g/mol. The van der Waals surface area contributed by atoms with Crippen molar-refractivity contribution in [2.24, 2.45) is 5.73 Å². The van der Waals surface area contributed by atoms with Gasteiger partial charge in [0, 0.05) is 0 Å². The Morgan fingerprint density at radius 2 is 1.46 bits per heavy atom. The van der Waals surface area contributed by atoms with Crippen molar-refractivity contribution in [2.45, 2.75) is 27.7 Å². The maximum absolute atomic E-state index is 5.40. The maximum Gasteiger partial charge on any atom is 0.141 e. The normalized spacial score (nSPS) is 9.00. The van der Waals surface area contributed by atoms with E-state index in [-0.39, 0.29) is 0 Å². The van der Waals surface area contributed by atoms with Gasteiger partial charge in [0.15, 0.2) is 0 Å². The smallest absolute Gasteiger partial charge is 0.141 e. The molecule has 2 nitrogen and oxygen atoms in total. The van der Waals surface area contributed by atoms with Gasteiger partial charge in [0.25, 0.3) is 0 Å². The lowest BCUT2D eigenvalue weighted by molar-refractivity contribution is 0.303. The molecule has 0 fully saturated rings. The summed E-state index contributed by atoms with van der Waals surface area (Å²) in [6.07, 6.45) is 3.05. The largest absolute Gasteiger partial charge is 0.495 e. The minimum atomic E-state index is 0.507. The molecule has 0 aromatic rings. The molecule has 2 N–H and O–H groups in total. The second-order valence-corrected chi connectivity index (χ2v) is 1.43. The zero-order chi connectivity index (χ0) is 11.3. The third-order valence-electron chi connectivity index (χ3n) is 0.910. The summed E-state index contributed by atoms with van der Waals surface area (Å²) in [6, 6.07) is 0. The Hall–Kier alpha value is -1.18. The first kappa shape index (κ1) is 17.8. The molecule has 0 bridgehead atoms. The van der Waals surface area contributed by atoms with E-state index in [2.05, 4.69) is 13.2 Å². The van der Waals surface area contributed by atoms with Crippen molar-refractivity contribution in [3.05, 3.63) is 36.8 Å². The number of methoxy groups -OCH3 is 1. The molecular formula is C11H23NO. The minimum absolute atomic E-state index is 0.507. The Morgan fingerprint density at radius 3 is 1.54 bits per heavy atom. The molecule has 0 unspecified atom stereocenters. The van der Waals surface area contributed by atoms with E-state index in [1.807, 2.05) is 27.7 Å². The highest BCUT2D eigenvalue weighted by atomic mass is 16.5. The molecule has 0 amide bonds. The molecule has 78 valence electrons. The van der Waals surface area contributed by atoms with Gasteiger partial charge in [0.05, 0.1) is 12.8 Å². The molecule has 0 aliphatic rings. The molecule has 2 heteroatoms. The summed E-state index contributed by atoms with van der Waals surface area (Å²) in [6.45, 7) is 15.0. The summed E-state index contributed by atoms with van der Waals surface area (Å²) in [5.41, 5.74) is 5.91. The summed E-state index contributed by atoms with van der Waals surface area (Å²) in [4.78, 5) is 0. The van der Waals surface area contributed by atoms with E-state index in [9.17, 15) is 0 Å². The van der Waals surface area contributed by atoms with Gasteiger partial charge in [-0.25, -0.2) is 0 Å². The van der Waals surface area contributed by atoms with Crippen molar-refractivity contribution in [3.8, 4) is 0 Å². The standard InChI is InChI=1S/C7H11NO.2C2H6/c1-4-6(8)7(5-2)9-3;2*1-2/h4-5H,1-2,8H2,3H3;2*1-2H3/b7-6-;;. The molecule has 0 aromatic heterocycles. The Bertz CT molecular complexity index is 148. The fraction of sp³-hybridized carbons (Fsp3) is 0.455. The molecule has 0 aromatic carbocycles. The van der Waals surface area contributed by atoms with Crippen molar-refractivity contribution < 1.29 is 4.74 Å². The van der Waals surface area contributed by atoms with Crippen molar-refractivity contribution in [1.82, 2.24) is 0 Å². The van der Waals surface area contributed by atoms with E-state index < -0.39 is 0 Å². The summed E-state index contributed by atoms with van der Waals surface area (Å²) >= 11 is 0. The molecule has 0 aliphatic heterocycles. The van der Waals surface area contributed by atoms with Gasteiger partial charge < -0.3 is 10.5 Å². The first-order valence-corrected chi connectivity index (χ1v) is 4.54. The maximum atomic E-state index is 5.40. The summed E-state index contributed by atoms with van der Waals surface area (Å²) in [5.74, 6) is 0.560. The van der Waals surface area contributed by atoms with Crippen LogP contribution in [0.3, 0.4) is 0 Å². The third kappa shape index (κ3) is 10.8. The van der Waals surface area contributed by atoms with Crippen LogP contribution in [0, 0.1) is 0 Å². The predicted molar refractivity (Wildman–Crippen MR) is 61.3 cm³/mol. The number of hydrogen-bond donors (Lipinski definition) is 1. The summed E-state index contributed by atoms with van der Waals surface area (Å²) in [7, 11) is 1.54. The molecular weight excluding hydrogens is 162 g/mol. The Morgan fingerprint density at radius 1 is 1.08 bits per heavy atom. The van der Waals surface area contributed by atoms with Crippen LogP contribution in [0.2, 0.25) is 0 Å². The molecule has 0 saturated heterocycles. The topological polar surface area (TPSA) is 35.2 Å². The number of nitrogens with two attached hydrogens (primary N) is 1. The molecule has 0 spiro atoms. The van der Waals surface area contributed by atoms with Gasteiger partial charge in [0.1, 0.15) is 5.76 Å². The van der Waals surface area contributed by atoms with Crippen LogP contribution in [-0.2, 0) is 4.74 Å². The number of allylic oxidation sites excluding steroid dienone is 2. The van der Waals surface area contributed by atoms with Crippen LogP contribution in [0.5, 0.6) is 0 Å². The lowest BCUT2D eigenvalue weighted by Gasteiger charge is -2.00. The van der Waals surface area contributed by atoms with E-state index in [0.29, 0.717) is 11.5 Å². The third-order valence-corrected chi connectivity index (χ3v) is 0.910. The van der Waals surface area contributed by atoms with E-state index in [0.717, 1.165) is 0 Å². The van der Waals surface area contributed by atoms with Crippen LogP contribution in [0.15, 0.2) is 36.8 Å². The number of ether oxygens (including phenoxy) is 1. The highest BCUT2D eigenvalue weighted by molar-refractivity contribution is 5.23. The fourth-order valence-electron chi connectivity index (χ4n) is 0.420. The van der Waals surface area contributed by atoms with Gasteiger partial charge in [-0.1, -0.05) is 40.9 Å². The molecule has 0 atom stereocenters. The molecule has 0 radical (unpaired) electrons. The van der Waals surface area contributed by atoms with E-state index in [1.165, 1.54) is 19.3 Å². The quantitative estimate of drug-likeness (QED) is 0.541. The van der Waals surface area contributed by atoms with E-state index in [4.69, 9.17) is 10.5 Å². The molecule has 0 rings (SSSR count). The van der Waals surface area contributed by atoms with Gasteiger partial charge in [-0.2, -0.15) is 0 Å². The van der Waals surface area contributed by atoms with Crippen LogP contribution >= 0.6 is 0 Å². The van der Waals surface area contributed by atoms with Crippen LogP contribution in [0.1, 0.15) is 27.7 Å². The second-order valence-electron chi connectivity index (χ2n) is 1.43. The van der Waals surface area contributed by atoms with Crippen molar-refractivity contribution in [2.75, 3.05) is 7.11 Å². The lowest BCUT2D eigenvalue weighted by atomic mass is 10.3. The van der Waals surface area contributed by atoms with Crippen molar-refractivity contribution in [1.29, 1.82) is 0 Å². The van der Waals surface area contributed by atoms with Crippen LogP contribution in [0.4, 0.5) is 0 Å². The highest BCUT2D eigenvalue weighted by Gasteiger charge is 1.91. The van der Waals surface area contributed by atoms with Crippen molar-refractivity contribution >= 4 is 0 Å². The van der Waals surface area contributed by atoms with E-state index >= 15 is 0 Å². The Labute approximate surface area is 82.8 Å². The first-order chi connectivity index (χ1) is 6.26. The van der Waals surface area contributed by atoms with Gasteiger partial charge in [-0.3, -0.25) is 0 Å². The number of rotatable bonds is 3. The van der Waals surface area contributed by atoms with E-state index in [1.54, 1.807) is 0 Å².